The van der Waals surface area contributed by atoms with Gasteiger partial charge in [-0.15, -0.1) is 0 Å². The molecular weight excluding hydrogens is 410 g/mol. The molecule has 0 N–H and O–H groups in total. The van der Waals surface area contributed by atoms with E-state index in [9.17, 15) is 9.59 Å². The van der Waals surface area contributed by atoms with Crippen molar-refractivity contribution >= 4 is 11.8 Å². The van der Waals surface area contributed by atoms with Gasteiger partial charge in [-0.2, -0.15) is 0 Å². The summed E-state index contributed by atoms with van der Waals surface area (Å²) >= 11 is 0. The first-order valence-corrected chi connectivity index (χ1v) is 11.2. The van der Waals surface area contributed by atoms with Gasteiger partial charge in [0.05, 0.1) is 12.2 Å². The lowest BCUT2D eigenvalue weighted by Crippen LogP contribution is -2.42. The van der Waals surface area contributed by atoms with Gasteiger partial charge in [0, 0.05) is 45.6 Å². The van der Waals surface area contributed by atoms with Crippen molar-refractivity contribution in [2.75, 3.05) is 39.9 Å². The average molecular weight is 442 g/mol. The third-order valence-electron chi connectivity index (χ3n) is 6.39. The molecule has 1 aromatic carbocycles. The van der Waals surface area contributed by atoms with Crippen LogP contribution in [0.1, 0.15) is 41.1 Å². The number of piperidine rings is 1. The van der Waals surface area contributed by atoms with Crippen LogP contribution in [0.5, 0.6) is 5.75 Å². The Morgan fingerprint density at radius 3 is 2.66 bits per heavy atom. The van der Waals surface area contributed by atoms with Crippen LogP contribution in [0.2, 0.25) is 0 Å². The topological polar surface area (TPSA) is 85.1 Å². The van der Waals surface area contributed by atoms with E-state index < -0.39 is 0 Å². The maximum absolute atomic E-state index is 13.1. The summed E-state index contributed by atoms with van der Waals surface area (Å²) in [7, 11) is 1.68. The zero-order valence-corrected chi connectivity index (χ0v) is 18.8. The fraction of sp³-hybridized carbons (Fsp3) is 0.542. The molecular formula is C24H31N3O5. The highest BCUT2D eigenvalue weighted by molar-refractivity contribution is 5.93. The number of rotatable bonds is 8. The standard InChI is InChI=1S/C24H31N3O5/c1-17-21(16-31-20-6-4-3-5-7-20)23(25-32-17)24(29)26-10-8-18(9-11-26)13-27-14-19(15-30-2)12-22(27)28/h3-7,18-19H,8-16H2,1-2H3. The van der Waals surface area contributed by atoms with Crippen molar-refractivity contribution in [3.63, 3.8) is 0 Å². The van der Waals surface area contributed by atoms with Crippen LogP contribution in [0.25, 0.3) is 0 Å². The maximum Gasteiger partial charge on any atom is 0.276 e. The van der Waals surface area contributed by atoms with Crippen molar-refractivity contribution in [1.29, 1.82) is 0 Å². The van der Waals surface area contributed by atoms with Crippen LogP contribution in [0.15, 0.2) is 34.9 Å². The summed E-state index contributed by atoms with van der Waals surface area (Å²) in [5.74, 6) is 2.12. The molecule has 2 aliphatic heterocycles. The minimum Gasteiger partial charge on any atom is -0.489 e. The second-order valence-electron chi connectivity index (χ2n) is 8.73. The van der Waals surface area contributed by atoms with Crippen LogP contribution in [-0.4, -0.2) is 66.7 Å². The first kappa shape index (κ1) is 22.3. The number of hydrogen-bond donors (Lipinski definition) is 0. The predicted molar refractivity (Wildman–Crippen MR) is 117 cm³/mol. The number of hydrogen-bond acceptors (Lipinski definition) is 6. The van der Waals surface area contributed by atoms with Gasteiger partial charge >= 0.3 is 0 Å². The van der Waals surface area contributed by atoms with Crippen molar-refractivity contribution in [2.45, 2.75) is 32.8 Å². The molecule has 2 aromatic rings. The van der Waals surface area contributed by atoms with Crippen LogP contribution in [0.4, 0.5) is 0 Å². The highest BCUT2D eigenvalue weighted by atomic mass is 16.5. The number of likely N-dealkylation sites (tertiary alicyclic amines) is 2. The molecule has 0 spiro atoms. The van der Waals surface area contributed by atoms with E-state index in [1.54, 1.807) is 14.0 Å². The number of para-hydroxylation sites is 1. The SMILES string of the molecule is COCC1CC(=O)N(CC2CCN(C(=O)c3noc(C)c3COc3ccccc3)CC2)C1. The first-order valence-electron chi connectivity index (χ1n) is 11.2. The number of benzene rings is 1. The molecule has 0 radical (unpaired) electrons. The van der Waals surface area contributed by atoms with Crippen LogP contribution in [0, 0.1) is 18.8 Å². The van der Waals surface area contributed by atoms with Crippen LogP contribution >= 0.6 is 0 Å². The molecule has 1 unspecified atom stereocenters. The lowest BCUT2D eigenvalue weighted by atomic mass is 9.96. The molecule has 0 aliphatic carbocycles. The molecule has 8 heteroatoms. The maximum atomic E-state index is 13.1. The minimum absolute atomic E-state index is 0.121. The Morgan fingerprint density at radius 1 is 1.19 bits per heavy atom. The summed E-state index contributed by atoms with van der Waals surface area (Å²) in [5.41, 5.74) is 1.02. The minimum atomic E-state index is -0.121. The normalized spacial score (nSPS) is 19.6. The van der Waals surface area contributed by atoms with Gasteiger partial charge in [0.1, 0.15) is 18.1 Å². The van der Waals surface area contributed by atoms with Crippen molar-refractivity contribution in [3.8, 4) is 5.75 Å². The van der Waals surface area contributed by atoms with Gasteiger partial charge in [-0.1, -0.05) is 23.4 Å². The molecule has 3 heterocycles. The molecule has 2 fully saturated rings. The van der Waals surface area contributed by atoms with E-state index in [2.05, 4.69) is 5.16 Å². The molecule has 0 saturated carbocycles. The largest absolute Gasteiger partial charge is 0.489 e. The summed E-state index contributed by atoms with van der Waals surface area (Å²) in [6.07, 6.45) is 2.32. The zero-order valence-electron chi connectivity index (χ0n) is 18.8. The summed E-state index contributed by atoms with van der Waals surface area (Å²) in [5, 5.41) is 4.03. The van der Waals surface area contributed by atoms with E-state index in [-0.39, 0.29) is 18.4 Å². The number of carbonyl (C=O) groups is 2. The van der Waals surface area contributed by atoms with Crippen molar-refractivity contribution < 1.29 is 23.6 Å². The fourth-order valence-electron chi connectivity index (χ4n) is 4.56. The summed E-state index contributed by atoms with van der Waals surface area (Å²) in [6.45, 7) is 5.49. The molecule has 32 heavy (non-hydrogen) atoms. The summed E-state index contributed by atoms with van der Waals surface area (Å²) in [4.78, 5) is 29.2. The number of aryl methyl sites for hydroxylation is 1. The molecule has 2 saturated heterocycles. The molecule has 172 valence electrons. The molecule has 2 aliphatic rings. The van der Waals surface area contributed by atoms with Gasteiger partial charge in [0.2, 0.25) is 5.91 Å². The molecule has 2 amide bonds. The monoisotopic (exact) mass is 441 g/mol. The van der Waals surface area contributed by atoms with Gasteiger partial charge in [-0.05, 0) is 37.8 Å². The smallest absolute Gasteiger partial charge is 0.276 e. The van der Waals surface area contributed by atoms with Gasteiger partial charge in [0.15, 0.2) is 5.69 Å². The third-order valence-corrected chi connectivity index (χ3v) is 6.39. The number of aromatic nitrogens is 1. The van der Waals surface area contributed by atoms with Gasteiger partial charge in [-0.3, -0.25) is 9.59 Å². The van der Waals surface area contributed by atoms with Crippen molar-refractivity contribution in [3.05, 3.63) is 47.3 Å². The number of nitrogens with zero attached hydrogens (tertiary/aromatic N) is 3. The van der Waals surface area contributed by atoms with E-state index in [0.29, 0.717) is 55.0 Å². The summed E-state index contributed by atoms with van der Waals surface area (Å²) in [6, 6.07) is 9.47. The Morgan fingerprint density at radius 2 is 1.94 bits per heavy atom. The molecule has 1 aromatic heterocycles. The average Bonchev–Trinajstić information content (AvgIpc) is 3.35. The van der Waals surface area contributed by atoms with E-state index in [4.69, 9.17) is 14.0 Å². The molecule has 1 atom stereocenters. The Bertz CT molecular complexity index is 921. The van der Waals surface area contributed by atoms with E-state index in [1.807, 2.05) is 40.1 Å². The Balaban J connectivity index is 1.31. The predicted octanol–water partition coefficient (Wildman–Crippen LogP) is 2.91. The molecule has 4 rings (SSSR count). The van der Waals surface area contributed by atoms with E-state index in [1.165, 1.54) is 0 Å². The van der Waals surface area contributed by atoms with Crippen LogP contribution in [-0.2, 0) is 16.1 Å². The van der Waals surface area contributed by atoms with Gasteiger partial charge in [0.25, 0.3) is 5.91 Å². The Labute approximate surface area is 188 Å². The highest BCUT2D eigenvalue weighted by Gasteiger charge is 2.33. The lowest BCUT2D eigenvalue weighted by molar-refractivity contribution is -0.128. The first-order chi connectivity index (χ1) is 15.5. The highest BCUT2D eigenvalue weighted by Crippen LogP contribution is 2.26. The van der Waals surface area contributed by atoms with E-state index in [0.717, 1.165) is 31.7 Å². The Hall–Kier alpha value is -2.87. The Kier molecular flexibility index (Phi) is 7.09. The van der Waals surface area contributed by atoms with Gasteiger partial charge in [-0.25, -0.2) is 0 Å². The quantitative estimate of drug-likeness (QED) is 0.626. The summed E-state index contributed by atoms with van der Waals surface area (Å²) < 4.78 is 16.3. The molecule has 0 bridgehead atoms. The second-order valence-corrected chi connectivity index (χ2v) is 8.73. The number of methoxy groups -OCH3 is 1. The van der Waals surface area contributed by atoms with E-state index >= 15 is 0 Å². The molecule has 8 nitrogen and oxygen atoms in total. The second kappa shape index (κ2) is 10.2. The number of carbonyl (C=O) groups excluding carboxylic acids is 2. The van der Waals surface area contributed by atoms with Crippen LogP contribution < -0.4 is 4.74 Å². The number of ether oxygens (including phenoxy) is 2. The zero-order chi connectivity index (χ0) is 22.5. The fourth-order valence-corrected chi connectivity index (χ4v) is 4.56. The number of amides is 2. The van der Waals surface area contributed by atoms with Crippen LogP contribution in [0.3, 0.4) is 0 Å². The third kappa shape index (κ3) is 5.12. The van der Waals surface area contributed by atoms with Crippen molar-refractivity contribution in [2.24, 2.45) is 11.8 Å². The lowest BCUT2D eigenvalue weighted by Gasteiger charge is -2.33. The van der Waals surface area contributed by atoms with Crippen molar-refractivity contribution in [1.82, 2.24) is 15.0 Å². The van der Waals surface area contributed by atoms with Gasteiger partial charge < -0.3 is 23.8 Å².